The van der Waals surface area contributed by atoms with E-state index in [1.165, 1.54) is 11.1 Å². The smallest absolute Gasteiger partial charge is 0.133 e. The Balaban J connectivity index is 2.02. The predicted molar refractivity (Wildman–Crippen MR) is 100 cm³/mol. The van der Waals surface area contributed by atoms with E-state index >= 15 is 0 Å². The van der Waals surface area contributed by atoms with Crippen molar-refractivity contribution < 1.29 is 9.47 Å². The van der Waals surface area contributed by atoms with Crippen LogP contribution < -0.4 is 9.47 Å². The molecule has 2 aromatic rings. The van der Waals surface area contributed by atoms with E-state index in [2.05, 4.69) is 54.0 Å². The Morgan fingerprint density at radius 3 is 2.00 bits per heavy atom. The highest BCUT2D eigenvalue weighted by molar-refractivity contribution is 9.10. The van der Waals surface area contributed by atoms with E-state index in [-0.39, 0.29) is 0 Å². The third-order valence-corrected chi connectivity index (χ3v) is 4.26. The Bertz CT molecular complexity index is 593. The summed E-state index contributed by atoms with van der Waals surface area (Å²) in [6.07, 6.45) is 4.46. The molecule has 0 heterocycles. The van der Waals surface area contributed by atoms with Gasteiger partial charge in [-0.1, -0.05) is 44.9 Å². The summed E-state index contributed by atoms with van der Waals surface area (Å²) in [6.45, 7) is 5.88. The number of ether oxygens (including phenoxy) is 2. The van der Waals surface area contributed by atoms with Gasteiger partial charge < -0.3 is 9.47 Å². The first kappa shape index (κ1) is 17.9. The van der Waals surface area contributed by atoms with Gasteiger partial charge in [-0.25, -0.2) is 0 Å². The summed E-state index contributed by atoms with van der Waals surface area (Å²) < 4.78 is 12.5. The first-order chi connectivity index (χ1) is 11.2. The van der Waals surface area contributed by atoms with Crippen molar-refractivity contribution in [2.45, 2.75) is 39.5 Å². The van der Waals surface area contributed by atoms with E-state index in [9.17, 15) is 0 Å². The number of hydrogen-bond donors (Lipinski definition) is 0. The minimum absolute atomic E-state index is 0.762. The summed E-state index contributed by atoms with van der Waals surface area (Å²) in [6, 6.07) is 14.5. The van der Waals surface area contributed by atoms with Crippen LogP contribution in [0.5, 0.6) is 11.5 Å². The molecule has 0 spiro atoms. The molecule has 2 rings (SSSR count). The molecule has 0 radical (unpaired) electrons. The van der Waals surface area contributed by atoms with Crippen molar-refractivity contribution in [3.8, 4) is 22.6 Å². The summed E-state index contributed by atoms with van der Waals surface area (Å²) in [5, 5.41) is 0. The zero-order valence-electron chi connectivity index (χ0n) is 14.0. The van der Waals surface area contributed by atoms with Gasteiger partial charge in [0.25, 0.3) is 0 Å². The molecule has 0 aliphatic carbocycles. The molecule has 0 atom stereocenters. The summed E-state index contributed by atoms with van der Waals surface area (Å²) >= 11 is 3.60. The maximum Gasteiger partial charge on any atom is 0.133 e. The van der Waals surface area contributed by atoms with Crippen molar-refractivity contribution in [3.63, 3.8) is 0 Å². The van der Waals surface area contributed by atoms with Gasteiger partial charge in [-0.3, -0.25) is 0 Å². The normalized spacial score (nSPS) is 10.6. The highest BCUT2D eigenvalue weighted by atomic mass is 79.9. The van der Waals surface area contributed by atoms with Crippen LogP contribution in [-0.2, 0) is 0 Å². The Morgan fingerprint density at radius 1 is 0.783 bits per heavy atom. The van der Waals surface area contributed by atoms with Gasteiger partial charge in [0.15, 0.2) is 0 Å². The number of benzene rings is 2. The molecule has 0 fully saturated rings. The molecule has 2 nitrogen and oxygen atoms in total. The van der Waals surface area contributed by atoms with Crippen LogP contribution in [0.15, 0.2) is 46.9 Å². The van der Waals surface area contributed by atoms with E-state index in [1.54, 1.807) is 0 Å². The molecule has 0 bridgehead atoms. The number of unbranched alkanes of at least 4 members (excludes halogenated alkanes) is 2. The van der Waals surface area contributed by atoms with Crippen LogP contribution in [0.2, 0.25) is 0 Å². The lowest BCUT2D eigenvalue weighted by Crippen LogP contribution is -1.97. The summed E-state index contributed by atoms with van der Waals surface area (Å²) in [7, 11) is 0. The van der Waals surface area contributed by atoms with E-state index in [0.717, 1.165) is 54.9 Å². The van der Waals surface area contributed by atoms with Crippen LogP contribution in [0.4, 0.5) is 0 Å². The minimum Gasteiger partial charge on any atom is -0.494 e. The third-order valence-electron chi connectivity index (χ3n) is 3.64. The predicted octanol–water partition coefficient (Wildman–Crippen LogP) is 6.47. The molecule has 0 amide bonds. The zero-order valence-corrected chi connectivity index (χ0v) is 15.6. The molecular weight excluding hydrogens is 352 g/mol. The van der Waals surface area contributed by atoms with Gasteiger partial charge in [0.1, 0.15) is 11.5 Å². The van der Waals surface area contributed by atoms with Crippen molar-refractivity contribution in [3.05, 3.63) is 46.9 Å². The fraction of sp³-hybridized carbons (Fsp3) is 0.400. The second kappa shape index (κ2) is 9.61. The molecule has 0 saturated heterocycles. The van der Waals surface area contributed by atoms with Crippen molar-refractivity contribution in [2.24, 2.45) is 0 Å². The number of rotatable bonds is 9. The fourth-order valence-corrected chi connectivity index (χ4v) is 2.70. The largest absolute Gasteiger partial charge is 0.494 e. The Morgan fingerprint density at radius 2 is 1.39 bits per heavy atom. The minimum atomic E-state index is 0.762. The SMILES string of the molecule is CCCCOc1ccc(-c2ccc(OCCCC)c(Br)c2)cc1. The van der Waals surface area contributed by atoms with Crippen LogP contribution in [0.1, 0.15) is 39.5 Å². The van der Waals surface area contributed by atoms with Crippen molar-refractivity contribution >= 4 is 15.9 Å². The van der Waals surface area contributed by atoms with Crippen LogP contribution in [0.3, 0.4) is 0 Å². The lowest BCUT2D eigenvalue weighted by molar-refractivity contribution is 0.307. The molecule has 2 aromatic carbocycles. The standard InChI is InChI=1S/C20H25BrO2/c1-3-5-13-22-18-10-7-16(8-11-18)17-9-12-20(19(21)15-17)23-14-6-4-2/h7-12,15H,3-6,13-14H2,1-2H3. The molecular formula is C20H25BrO2. The van der Waals surface area contributed by atoms with Gasteiger partial charge in [-0.15, -0.1) is 0 Å². The van der Waals surface area contributed by atoms with Crippen molar-refractivity contribution in [1.29, 1.82) is 0 Å². The number of halogens is 1. The van der Waals surface area contributed by atoms with Crippen LogP contribution in [0, 0.1) is 0 Å². The number of hydrogen-bond acceptors (Lipinski definition) is 2. The molecule has 0 aliphatic heterocycles. The van der Waals surface area contributed by atoms with Gasteiger partial charge >= 0.3 is 0 Å². The topological polar surface area (TPSA) is 18.5 Å². The average molecular weight is 377 g/mol. The quantitative estimate of drug-likeness (QED) is 0.466. The molecule has 0 unspecified atom stereocenters. The monoisotopic (exact) mass is 376 g/mol. The van der Waals surface area contributed by atoms with Crippen LogP contribution >= 0.6 is 15.9 Å². The maximum absolute atomic E-state index is 5.78. The third kappa shape index (κ3) is 5.58. The van der Waals surface area contributed by atoms with Gasteiger partial charge in [-0.2, -0.15) is 0 Å². The highest BCUT2D eigenvalue weighted by Gasteiger charge is 2.05. The van der Waals surface area contributed by atoms with Gasteiger partial charge in [0.05, 0.1) is 17.7 Å². The lowest BCUT2D eigenvalue weighted by atomic mass is 10.1. The average Bonchev–Trinajstić information content (AvgIpc) is 2.57. The Hall–Kier alpha value is -1.48. The van der Waals surface area contributed by atoms with E-state index in [1.807, 2.05) is 18.2 Å². The lowest BCUT2D eigenvalue weighted by Gasteiger charge is -2.10. The Kier molecular flexibility index (Phi) is 7.47. The molecule has 3 heteroatoms. The maximum atomic E-state index is 5.78. The summed E-state index contributed by atoms with van der Waals surface area (Å²) in [5.74, 6) is 1.84. The molecule has 0 aromatic heterocycles. The van der Waals surface area contributed by atoms with E-state index in [0.29, 0.717) is 0 Å². The Labute approximate surface area is 148 Å². The summed E-state index contributed by atoms with van der Waals surface area (Å²) in [4.78, 5) is 0. The molecule has 124 valence electrons. The molecule has 0 aliphatic rings. The van der Waals surface area contributed by atoms with Gasteiger partial charge in [0.2, 0.25) is 0 Å². The van der Waals surface area contributed by atoms with Gasteiger partial charge in [-0.05, 0) is 64.2 Å². The molecule has 0 N–H and O–H groups in total. The second-order valence-corrected chi connectivity index (χ2v) is 6.43. The fourth-order valence-electron chi connectivity index (χ4n) is 2.20. The van der Waals surface area contributed by atoms with E-state index in [4.69, 9.17) is 9.47 Å². The zero-order chi connectivity index (χ0) is 16.5. The summed E-state index contributed by atoms with van der Waals surface area (Å²) in [5.41, 5.74) is 2.34. The van der Waals surface area contributed by atoms with E-state index < -0.39 is 0 Å². The first-order valence-corrected chi connectivity index (χ1v) is 9.19. The molecule has 23 heavy (non-hydrogen) atoms. The van der Waals surface area contributed by atoms with Crippen molar-refractivity contribution in [1.82, 2.24) is 0 Å². The van der Waals surface area contributed by atoms with Crippen LogP contribution in [-0.4, -0.2) is 13.2 Å². The van der Waals surface area contributed by atoms with Crippen molar-refractivity contribution in [2.75, 3.05) is 13.2 Å². The highest BCUT2D eigenvalue weighted by Crippen LogP contribution is 2.31. The second-order valence-electron chi connectivity index (χ2n) is 5.57. The molecule has 0 saturated carbocycles. The van der Waals surface area contributed by atoms with Crippen LogP contribution in [0.25, 0.3) is 11.1 Å². The van der Waals surface area contributed by atoms with Gasteiger partial charge in [0, 0.05) is 0 Å². The first-order valence-electron chi connectivity index (χ1n) is 8.40.